The molecule has 1 rings (SSSR count). The maximum absolute atomic E-state index is 13.6. The highest BCUT2D eigenvalue weighted by Crippen LogP contribution is 2.24. The summed E-state index contributed by atoms with van der Waals surface area (Å²) in [6, 6.07) is 6.59. The molecule has 6 N–H and O–H groups in total. The molecule has 6 nitrogen and oxygen atoms in total. The van der Waals surface area contributed by atoms with E-state index in [1.807, 2.05) is 6.07 Å². The predicted octanol–water partition coefficient (Wildman–Crippen LogP) is 0.179. The average molecular weight is 343 g/mol. The first-order valence-electron chi connectivity index (χ1n) is 7.53. The van der Waals surface area contributed by atoms with E-state index in [0.717, 1.165) is 5.56 Å². The highest BCUT2D eigenvalue weighted by molar-refractivity contribution is 5.84. The van der Waals surface area contributed by atoms with E-state index < -0.39 is 41.8 Å². The lowest BCUT2D eigenvalue weighted by Crippen LogP contribution is -2.60. The van der Waals surface area contributed by atoms with Gasteiger partial charge in [0.15, 0.2) is 0 Å². The minimum absolute atomic E-state index is 0.208. The van der Waals surface area contributed by atoms with Crippen LogP contribution in [0.1, 0.15) is 19.4 Å². The summed E-state index contributed by atoms with van der Waals surface area (Å²) in [6.45, 7) is 3.04. The Morgan fingerprint density at radius 1 is 1.25 bits per heavy atom. The Kier molecular flexibility index (Phi) is 6.80. The third-order valence-corrected chi connectivity index (χ3v) is 3.70. The van der Waals surface area contributed by atoms with Crippen molar-refractivity contribution in [3.8, 4) is 0 Å². The number of nitrogens with two attached hydrogens (primary N) is 2. The molecule has 0 heterocycles. The number of hydrogen-bond acceptors (Lipinski definition) is 4. The first-order chi connectivity index (χ1) is 11.1. The van der Waals surface area contributed by atoms with Crippen LogP contribution in [0.25, 0.3) is 0 Å². The lowest BCUT2D eigenvalue weighted by atomic mass is 9.93. The first-order valence-corrected chi connectivity index (χ1v) is 7.53. The second-order valence-electron chi connectivity index (χ2n) is 6.01. The van der Waals surface area contributed by atoms with Gasteiger partial charge in [-0.05, 0) is 17.9 Å². The number of alkyl halides is 2. The number of rotatable bonds is 8. The van der Waals surface area contributed by atoms with Crippen molar-refractivity contribution in [3.63, 3.8) is 0 Å². The van der Waals surface area contributed by atoms with Gasteiger partial charge in [-0.15, -0.1) is 0 Å². The molecule has 0 aromatic heterocycles. The van der Waals surface area contributed by atoms with Gasteiger partial charge in [0, 0.05) is 0 Å². The maximum atomic E-state index is 13.6. The molecule has 24 heavy (non-hydrogen) atoms. The molecule has 0 aliphatic carbocycles. The van der Waals surface area contributed by atoms with Gasteiger partial charge in [-0.25, -0.2) is 0 Å². The largest absolute Gasteiger partial charge is 0.384 e. The molecule has 0 saturated heterocycles. The zero-order valence-corrected chi connectivity index (χ0v) is 13.6. The van der Waals surface area contributed by atoms with Crippen LogP contribution in [0.15, 0.2) is 30.3 Å². The number of amides is 2. The summed E-state index contributed by atoms with van der Waals surface area (Å²) in [5, 5.41) is 12.1. The third-order valence-electron chi connectivity index (χ3n) is 3.70. The highest BCUT2D eigenvalue weighted by Gasteiger charge is 2.50. The molecule has 3 atom stereocenters. The first kappa shape index (κ1) is 20.0. The lowest BCUT2D eigenvalue weighted by Gasteiger charge is -2.31. The van der Waals surface area contributed by atoms with Crippen LogP contribution in [0.3, 0.4) is 0 Å². The molecule has 8 heteroatoms. The Hall–Kier alpha value is -2.06. The van der Waals surface area contributed by atoms with Gasteiger partial charge >= 0.3 is 5.92 Å². The van der Waals surface area contributed by atoms with Crippen molar-refractivity contribution < 1.29 is 23.5 Å². The van der Waals surface area contributed by atoms with Crippen LogP contribution in [0.5, 0.6) is 0 Å². The molecule has 0 unspecified atom stereocenters. The van der Waals surface area contributed by atoms with Crippen molar-refractivity contribution in [3.05, 3.63) is 35.9 Å². The number of hydrogen-bond donors (Lipinski definition) is 4. The van der Waals surface area contributed by atoms with Crippen LogP contribution < -0.4 is 16.8 Å². The number of primary amides is 1. The van der Waals surface area contributed by atoms with Gasteiger partial charge in [0.05, 0.1) is 12.1 Å². The zero-order valence-electron chi connectivity index (χ0n) is 13.6. The molecule has 0 fully saturated rings. The van der Waals surface area contributed by atoms with Crippen LogP contribution >= 0.6 is 0 Å². The SMILES string of the molecule is CC(C)[C@H](NC(=O)[C@@H](N)Cc1ccccc1)[C@@H](O)C(F)(F)C(N)=O. The van der Waals surface area contributed by atoms with Crippen molar-refractivity contribution in [1.82, 2.24) is 5.32 Å². The Bertz CT molecular complexity index is 567. The fourth-order valence-corrected chi connectivity index (χ4v) is 2.21. The Morgan fingerprint density at radius 3 is 2.25 bits per heavy atom. The summed E-state index contributed by atoms with van der Waals surface area (Å²) in [5.41, 5.74) is 11.2. The number of aliphatic hydroxyl groups is 1. The van der Waals surface area contributed by atoms with Crippen molar-refractivity contribution in [2.45, 2.75) is 44.4 Å². The summed E-state index contributed by atoms with van der Waals surface area (Å²) in [5.74, 6) is -7.38. The Morgan fingerprint density at radius 2 is 1.79 bits per heavy atom. The molecule has 0 spiro atoms. The van der Waals surface area contributed by atoms with Gasteiger partial charge in [-0.3, -0.25) is 9.59 Å². The second kappa shape index (κ2) is 8.16. The van der Waals surface area contributed by atoms with Gasteiger partial charge in [0.1, 0.15) is 6.10 Å². The molecule has 1 aromatic carbocycles. The molecule has 0 radical (unpaired) electrons. The van der Waals surface area contributed by atoms with E-state index in [1.165, 1.54) is 13.8 Å². The van der Waals surface area contributed by atoms with Gasteiger partial charge in [0.25, 0.3) is 5.91 Å². The normalized spacial score (nSPS) is 15.6. The summed E-state index contributed by atoms with van der Waals surface area (Å²) < 4.78 is 27.3. The van der Waals surface area contributed by atoms with Gasteiger partial charge in [0.2, 0.25) is 5.91 Å². The van der Waals surface area contributed by atoms with Crippen molar-refractivity contribution >= 4 is 11.8 Å². The van der Waals surface area contributed by atoms with E-state index in [2.05, 4.69) is 11.1 Å². The molecule has 134 valence electrons. The summed E-state index contributed by atoms with van der Waals surface area (Å²) in [6.07, 6.45) is -2.23. The standard InChI is InChI=1S/C16H23F2N3O3/c1-9(2)12(13(22)16(17,18)15(20)24)21-14(23)11(19)8-10-6-4-3-5-7-10/h3-7,9,11-13,22H,8,19H2,1-2H3,(H2,20,24)(H,21,23)/t11-,12-,13+/m0/s1. The number of carbonyl (C=O) groups is 2. The number of carbonyl (C=O) groups excluding carboxylic acids is 2. The molecule has 0 aliphatic heterocycles. The van der Waals surface area contributed by atoms with E-state index in [1.54, 1.807) is 24.3 Å². The highest BCUT2D eigenvalue weighted by atomic mass is 19.3. The smallest absolute Gasteiger partial charge is 0.351 e. The number of halogens is 2. The molecule has 0 bridgehead atoms. The summed E-state index contributed by atoms with van der Waals surface area (Å²) in [7, 11) is 0. The van der Waals surface area contributed by atoms with Crippen molar-refractivity contribution in [2.75, 3.05) is 0 Å². The van der Waals surface area contributed by atoms with Crippen LogP contribution in [0.2, 0.25) is 0 Å². The van der Waals surface area contributed by atoms with Crippen molar-refractivity contribution in [1.29, 1.82) is 0 Å². The predicted molar refractivity (Wildman–Crippen MR) is 85.0 cm³/mol. The van der Waals surface area contributed by atoms with E-state index in [9.17, 15) is 23.5 Å². The Balaban J connectivity index is 2.81. The van der Waals surface area contributed by atoms with Crippen LogP contribution in [-0.2, 0) is 16.0 Å². The fraction of sp³-hybridized carbons (Fsp3) is 0.500. The third kappa shape index (κ3) is 4.97. The summed E-state index contributed by atoms with van der Waals surface area (Å²) in [4.78, 5) is 23.0. The van der Waals surface area contributed by atoms with E-state index in [4.69, 9.17) is 5.73 Å². The van der Waals surface area contributed by atoms with Crippen LogP contribution in [0, 0.1) is 5.92 Å². The van der Waals surface area contributed by atoms with E-state index in [-0.39, 0.29) is 6.42 Å². The van der Waals surface area contributed by atoms with E-state index in [0.29, 0.717) is 0 Å². The maximum Gasteiger partial charge on any atom is 0.351 e. The minimum atomic E-state index is -4.16. The minimum Gasteiger partial charge on any atom is -0.384 e. The summed E-state index contributed by atoms with van der Waals surface area (Å²) >= 11 is 0. The molecule has 1 aromatic rings. The van der Waals surface area contributed by atoms with Gasteiger partial charge < -0.3 is 21.9 Å². The van der Waals surface area contributed by atoms with Crippen LogP contribution in [-0.4, -0.2) is 41.0 Å². The molecule has 0 aliphatic rings. The van der Waals surface area contributed by atoms with Gasteiger partial charge in [-0.1, -0.05) is 44.2 Å². The second-order valence-corrected chi connectivity index (χ2v) is 6.01. The molecular weight excluding hydrogens is 320 g/mol. The average Bonchev–Trinajstić information content (AvgIpc) is 2.52. The zero-order chi connectivity index (χ0) is 18.5. The van der Waals surface area contributed by atoms with E-state index >= 15 is 0 Å². The molecular formula is C16H23F2N3O3. The number of benzene rings is 1. The molecule has 2 amide bonds. The fourth-order valence-electron chi connectivity index (χ4n) is 2.21. The van der Waals surface area contributed by atoms with Crippen molar-refractivity contribution in [2.24, 2.45) is 17.4 Å². The topological polar surface area (TPSA) is 118 Å². The number of nitrogens with one attached hydrogen (secondary N) is 1. The molecule has 0 saturated carbocycles. The van der Waals surface area contributed by atoms with Crippen LogP contribution in [0.4, 0.5) is 8.78 Å². The van der Waals surface area contributed by atoms with Gasteiger partial charge in [-0.2, -0.15) is 8.78 Å². The lowest BCUT2D eigenvalue weighted by molar-refractivity contribution is -0.166. The quantitative estimate of drug-likeness (QED) is 0.538. The monoisotopic (exact) mass is 343 g/mol. The number of aliphatic hydroxyl groups excluding tert-OH is 1. The Labute approximate surface area is 139 Å².